The molecule has 1 aromatic heterocycles. The Hall–Kier alpha value is -2.89. The third-order valence-electron chi connectivity index (χ3n) is 5.11. The van der Waals surface area contributed by atoms with E-state index in [1.54, 1.807) is 44.4 Å². The summed E-state index contributed by atoms with van der Waals surface area (Å²) in [5.41, 5.74) is -0.0140. The highest BCUT2D eigenvalue weighted by Gasteiger charge is 2.28. The van der Waals surface area contributed by atoms with Crippen molar-refractivity contribution >= 4 is 29.5 Å². The molecule has 0 aliphatic carbocycles. The molecular weight excluding hydrogens is 462 g/mol. The van der Waals surface area contributed by atoms with E-state index in [0.29, 0.717) is 17.7 Å². The first-order chi connectivity index (χ1) is 16.4. The first-order valence-corrected chi connectivity index (χ1v) is 12.0. The number of hydrogen-bond acceptors (Lipinski definition) is 9. The Bertz CT molecular complexity index is 972. The van der Waals surface area contributed by atoms with Crippen LogP contribution in [0, 0.1) is 0 Å². The molecule has 2 aliphatic heterocycles. The fourth-order valence-corrected chi connectivity index (χ4v) is 4.18. The van der Waals surface area contributed by atoms with E-state index in [1.165, 1.54) is 6.26 Å². The number of hydrogen-bond donors (Lipinski definition) is 3. The molecule has 0 saturated carbocycles. The molecule has 0 radical (unpaired) electrons. The molecule has 34 heavy (non-hydrogen) atoms. The Morgan fingerprint density at radius 3 is 2.82 bits per heavy atom. The molecule has 11 heteroatoms. The van der Waals surface area contributed by atoms with Crippen molar-refractivity contribution in [3.05, 3.63) is 53.1 Å². The van der Waals surface area contributed by atoms with Crippen LogP contribution in [-0.2, 0) is 25.5 Å². The Labute approximate surface area is 201 Å². The third-order valence-corrected chi connectivity index (χ3v) is 6.28. The number of thioether (sulfide) groups is 1. The second kappa shape index (κ2) is 12.5. The molecule has 2 aliphatic rings. The van der Waals surface area contributed by atoms with Gasteiger partial charge in [0.05, 0.1) is 23.5 Å². The maximum atomic E-state index is 12.8. The summed E-state index contributed by atoms with van der Waals surface area (Å²) in [4.78, 5) is 42.6. The molecule has 3 rings (SSSR count). The van der Waals surface area contributed by atoms with Crippen LogP contribution in [-0.4, -0.2) is 71.6 Å². The minimum absolute atomic E-state index is 0.0140. The van der Waals surface area contributed by atoms with Gasteiger partial charge in [0.25, 0.3) is 11.8 Å². The number of nitrogens with zero attached hydrogens (tertiary/aromatic N) is 1. The van der Waals surface area contributed by atoms with E-state index < -0.39 is 30.1 Å². The largest absolute Gasteiger partial charge is 0.461 e. The molecule has 0 saturated heterocycles. The molecule has 0 fully saturated rings. The zero-order valence-electron chi connectivity index (χ0n) is 19.1. The van der Waals surface area contributed by atoms with Crippen LogP contribution in [0.5, 0.6) is 0 Å². The molecule has 3 N–H and O–H groups in total. The topological polar surface area (TPSA) is 140 Å². The van der Waals surface area contributed by atoms with Gasteiger partial charge in [-0.15, -0.1) is 11.8 Å². The number of carbonyl (C=O) groups is 3. The van der Waals surface area contributed by atoms with Gasteiger partial charge in [0, 0.05) is 25.8 Å². The summed E-state index contributed by atoms with van der Waals surface area (Å²) in [7, 11) is 1.55. The lowest BCUT2D eigenvalue weighted by atomic mass is 10.1. The number of allylic oxidation sites excluding steroid dienone is 2. The number of aromatic nitrogens is 1. The van der Waals surface area contributed by atoms with Gasteiger partial charge in [0.2, 0.25) is 0 Å². The average Bonchev–Trinajstić information content (AvgIpc) is 3.28. The highest BCUT2D eigenvalue weighted by molar-refractivity contribution is 8.04. The van der Waals surface area contributed by atoms with Crippen molar-refractivity contribution in [2.75, 3.05) is 19.4 Å². The predicted octanol–water partition coefficient (Wildman–Crippen LogP) is 1.28. The van der Waals surface area contributed by atoms with Crippen LogP contribution in [0.4, 0.5) is 0 Å². The van der Waals surface area contributed by atoms with Gasteiger partial charge in [-0.1, -0.05) is 30.4 Å². The number of aliphatic hydroxyl groups is 1. The van der Waals surface area contributed by atoms with Gasteiger partial charge < -0.3 is 29.6 Å². The van der Waals surface area contributed by atoms with Crippen LogP contribution in [0.1, 0.15) is 36.1 Å². The van der Waals surface area contributed by atoms with Crippen molar-refractivity contribution in [1.82, 2.24) is 15.6 Å². The van der Waals surface area contributed by atoms with E-state index in [9.17, 15) is 19.5 Å². The molecule has 0 spiro atoms. The lowest BCUT2D eigenvalue weighted by molar-refractivity contribution is -0.149. The highest BCUT2D eigenvalue weighted by atomic mass is 32.2. The quantitative estimate of drug-likeness (QED) is 0.496. The number of methoxy groups -OCH3 is 1. The van der Waals surface area contributed by atoms with Crippen molar-refractivity contribution in [3.8, 4) is 0 Å². The second-order valence-corrected chi connectivity index (χ2v) is 8.97. The molecule has 1 aromatic rings. The molecule has 4 atom stereocenters. The summed E-state index contributed by atoms with van der Waals surface area (Å²) < 4.78 is 16.1. The molecule has 4 bridgehead atoms. The Morgan fingerprint density at radius 2 is 2.03 bits per heavy atom. The third kappa shape index (κ3) is 7.57. The first-order valence-electron chi connectivity index (χ1n) is 11.0. The summed E-state index contributed by atoms with van der Waals surface area (Å²) in [6.45, 7) is 1.96. The number of oxazole rings is 1. The van der Waals surface area contributed by atoms with E-state index >= 15 is 0 Å². The molecule has 4 unspecified atom stereocenters. The minimum atomic E-state index is -0.995. The van der Waals surface area contributed by atoms with Crippen molar-refractivity contribution < 1.29 is 33.4 Å². The summed E-state index contributed by atoms with van der Waals surface area (Å²) in [6, 6.07) is -0.995. The SMILES string of the molecule is COC1C=CC=CCC(O)Cc2nc(co2)C(=O)NC2CSC(=CCC(C)OC2=O)C(=O)NC1. The Morgan fingerprint density at radius 1 is 1.21 bits per heavy atom. The normalized spacial score (nSPS) is 27.5. The number of aliphatic hydroxyl groups excluding tert-OH is 1. The zero-order valence-corrected chi connectivity index (χ0v) is 19.9. The summed E-state index contributed by atoms with van der Waals surface area (Å²) in [5.74, 6) is -1.21. The molecular formula is C23H29N3O7S. The fraction of sp³-hybridized carbons (Fsp3) is 0.478. The summed E-state index contributed by atoms with van der Waals surface area (Å²) in [6.07, 6.45) is 9.29. The van der Waals surface area contributed by atoms with Gasteiger partial charge in [0.15, 0.2) is 11.6 Å². The minimum Gasteiger partial charge on any atom is -0.461 e. The van der Waals surface area contributed by atoms with E-state index in [1.807, 2.05) is 0 Å². The monoisotopic (exact) mass is 491 g/mol. The fourth-order valence-electron chi connectivity index (χ4n) is 3.20. The maximum absolute atomic E-state index is 12.8. The zero-order chi connectivity index (χ0) is 24.5. The number of amides is 2. The van der Waals surface area contributed by atoms with Crippen LogP contribution in [0.15, 0.2) is 46.0 Å². The highest BCUT2D eigenvalue weighted by Crippen LogP contribution is 2.22. The molecule has 10 nitrogen and oxygen atoms in total. The van der Waals surface area contributed by atoms with Gasteiger partial charge in [0.1, 0.15) is 18.4 Å². The number of ether oxygens (including phenoxy) is 2. The van der Waals surface area contributed by atoms with Crippen molar-refractivity contribution in [3.63, 3.8) is 0 Å². The van der Waals surface area contributed by atoms with Crippen LogP contribution in [0.25, 0.3) is 0 Å². The molecule has 184 valence electrons. The van der Waals surface area contributed by atoms with Crippen molar-refractivity contribution in [2.24, 2.45) is 0 Å². The van der Waals surface area contributed by atoms with Gasteiger partial charge in [-0.25, -0.2) is 9.78 Å². The average molecular weight is 492 g/mol. The number of cyclic esters (lactones) is 1. The standard InChI is InChI=1S/C23H29N3O7S/c1-14-8-9-19-22(29)24-11-16(31-2)7-5-3-4-6-15(27)10-20-25-17(12-32-20)21(28)26-18(13-34-19)23(30)33-14/h3-5,7,9,12,14-16,18,27H,6,8,10-11,13H2,1-2H3,(H,24,29)(H,26,28). The maximum Gasteiger partial charge on any atom is 0.329 e. The molecule has 3 heterocycles. The number of fused-ring (bicyclic) bond motifs is 5. The van der Waals surface area contributed by atoms with Crippen molar-refractivity contribution in [1.29, 1.82) is 0 Å². The van der Waals surface area contributed by atoms with Gasteiger partial charge in [-0.3, -0.25) is 9.59 Å². The van der Waals surface area contributed by atoms with Gasteiger partial charge in [-0.05, 0) is 13.3 Å². The van der Waals surface area contributed by atoms with Gasteiger partial charge in [-0.2, -0.15) is 0 Å². The van der Waals surface area contributed by atoms with E-state index in [-0.39, 0.29) is 42.3 Å². The Balaban J connectivity index is 1.85. The van der Waals surface area contributed by atoms with Gasteiger partial charge >= 0.3 is 5.97 Å². The van der Waals surface area contributed by atoms with Crippen LogP contribution < -0.4 is 10.6 Å². The first kappa shape index (κ1) is 25.7. The van der Waals surface area contributed by atoms with Crippen molar-refractivity contribution in [2.45, 2.75) is 50.5 Å². The summed E-state index contributed by atoms with van der Waals surface area (Å²) >= 11 is 1.16. The number of nitrogens with one attached hydrogen (secondary N) is 2. The lowest BCUT2D eigenvalue weighted by Crippen LogP contribution is -2.44. The molecule has 0 aromatic carbocycles. The van der Waals surface area contributed by atoms with Crippen LogP contribution >= 0.6 is 11.8 Å². The summed E-state index contributed by atoms with van der Waals surface area (Å²) in [5, 5.41) is 15.7. The number of carbonyl (C=O) groups excluding carboxylic acids is 3. The van der Waals surface area contributed by atoms with E-state index in [4.69, 9.17) is 13.9 Å². The van der Waals surface area contributed by atoms with Crippen LogP contribution in [0.2, 0.25) is 0 Å². The number of esters is 1. The van der Waals surface area contributed by atoms with Crippen LogP contribution in [0.3, 0.4) is 0 Å². The van der Waals surface area contributed by atoms with E-state index in [0.717, 1.165) is 11.8 Å². The molecule has 2 amide bonds. The number of rotatable bonds is 1. The smallest absolute Gasteiger partial charge is 0.329 e. The lowest BCUT2D eigenvalue weighted by Gasteiger charge is -2.18. The van der Waals surface area contributed by atoms with E-state index in [2.05, 4.69) is 15.6 Å². The second-order valence-electron chi connectivity index (χ2n) is 7.91. The predicted molar refractivity (Wildman–Crippen MR) is 125 cm³/mol. The Kier molecular flexibility index (Phi) is 9.49.